The number of nitrogens with one attached hydrogen (secondary N) is 2. The summed E-state index contributed by atoms with van der Waals surface area (Å²) in [6, 6.07) is 1.82. The number of fused-ring (bicyclic) bond motifs is 1. The Kier molecular flexibility index (Phi) is 1.98. The van der Waals surface area contributed by atoms with Gasteiger partial charge < -0.3 is 5.11 Å². The molecule has 5 nitrogen and oxygen atoms in total. The first-order chi connectivity index (χ1) is 6.75. The van der Waals surface area contributed by atoms with Crippen LogP contribution in [0.3, 0.4) is 0 Å². The number of aromatic amines is 2. The van der Waals surface area contributed by atoms with E-state index in [-0.39, 0.29) is 0 Å². The van der Waals surface area contributed by atoms with E-state index in [4.69, 9.17) is 5.11 Å². The average Bonchev–Trinajstić information content (AvgIpc) is 2.61. The van der Waals surface area contributed by atoms with E-state index in [0.29, 0.717) is 0 Å². The van der Waals surface area contributed by atoms with Gasteiger partial charge in [-0.25, -0.2) is 9.78 Å². The Hall–Kier alpha value is -2.17. The number of carboxylic acids is 1. The molecular formula is C9H8N3O2+. The zero-order chi connectivity index (χ0) is 9.97. The molecule has 3 N–H and O–H groups in total. The highest BCUT2D eigenvalue weighted by Gasteiger charge is 2.03. The number of imidazole rings is 1. The van der Waals surface area contributed by atoms with E-state index in [9.17, 15) is 4.79 Å². The molecule has 0 spiro atoms. The molecule has 0 aliphatic carbocycles. The molecular weight excluding hydrogens is 182 g/mol. The number of nitrogens with zero attached hydrogens (tertiary/aromatic N) is 1. The zero-order valence-electron chi connectivity index (χ0n) is 7.19. The molecule has 0 radical (unpaired) electrons. The lowest BCUT2D eigenvalue weighted by molar-refractivity contribution is -0.347. The first kappa shape index (κ1) is 8.43. The molecule has 0 saturated heterocycles. The van der Waals surface area contributed by atoms with E-state index in [2.05, 4.69) is 15.0 Å². The standard InChI is InChI=1S/C9H7N3O2/c13-8(14)2-1-6-3-7-9(10-4-6)12-5-11-7/h1-5H,(H,13,14)(H,10,11,12)/p+1. The van der Waals surface area contributed by atoms with Crippen molar-refractivity contribution in [2.45, 2.75) is 0 Å². The number of carboxylic acid groups (broad SMARTS) is 1. The lowest BCUT2D eigenvalue weighted by Gasteiger charge is -1.86. The summed E-state index contributed by atoms with van der Waals surface area (Å²) in [6.45, 7) is 0. The Morgan fingerprint density at radius 2 is 2.50 bits per heavy atom. The number of aromatic nitrogens is 3. The van der Waals surface area contributed by atoms with Gasteiger partial charge in [0.25, 0.3) is 5.65 Å². The van der Waals surface area contributed by atoms with E-state index in [1.54, 1.807) is 12.5 Å². The minimum absolute atomic E-state index is 0.746. The fourth-order valence-electron chi connectivity index (χ4n) is 1.15. The van der Waals surface area contributed by atoms with Gasteiger partial charge in [-0.3, -0.25) is 4.98 Å². The van der Waals surface area contributed by atoms with Gasteiger partial charge >= 0.3 is 5.97 Å². The second-order valence-corrected chi connectivity index (χ2v) is 2.77. The number of aliphatic carboxylic acids is 1. The lowest BCUT2D eigenvalue weighted by Crippen LogP contribution is -1.96. The van der Waals surface area contributed by atoms with E-state index in [1.165, 1.54) is 6.08 Å². The van der Waals surface area contributed by atoms with Crippen LogP contribution in [0, 0.1) is 0 Å². The second-order valence-electron chi connectivity index (χ2n) is 2.77. The first-order valence-electron chi connectivity index (χ1n) is 4.01. The molecule has 0 aliphatic heterocycles. The van der Waals surface area contributed by atoms with Crippen LogP contribution >= 0.6 is 0 Å². The molecule has 0 bridgehead atoms. The van der Waals surface area contributed by atoms with Crippen LogP contribution in [-0.2, 0) is 4.79 Å². The molecule has 2 heterocycles. The van der Waals surface area contributed by atoms with Crippen molar-refractivity contribution in [1.29, 1.82) is 0 Å². The van der Waals surface area contributed by atoms with Crippen molar-refractivity contribution in [2.24, 2.45) is 0 Å². The summed E-state index contributed by atoms with van der Waals surface area (Å²) in [5.41, 5.74) is 2.34. The number of H-pyrrole nitrogens is 2. The van der Waals surface area contributed by atoms with Crippen molar-refractivity contribution in [3.63, 3.8) is 0 Å². The molecule has 0 saturated carbocycles. The highest BCUT2D eigenvalue weighted by Crippen LogP contribution is 2.07. The maximum Gasteiger partial charge on any atom is 0.328 e. The third-order valence-corrected chi connectivity index (χ3v) is 1.76. The van der Waals surface area contributed by atoms with Crippen LogP contribution in [0.5, 0.6) is 0 Å². The van der Waals surface area contributed by atoms with Gasteiger partial charge in [0, 0.05) is 11.6 Å². The van der Waals surface area contributed by atoms with Gasteiger partial charge in [-0.15, -0.1) is 4.98 Å². The molecule has 2 aromatic rings. The minimum Gasteiger partial charge on any atom is -0.478 e. The predicted octanol–water partition coefficient (Wildman–Crippen LogP) is 0.475. The van der Waals surface area contributed by atoms with Crippen LogP contribution in [-0.4, -0.2) is 21.0 Å². The Morgan fingerprint density at radius 3 is 3.29 bits per heavy atom. The summed E-state index contributed by atoms with van der Waals surface area (Å²) in [7, 11) is 0. The SMILES string of the molecule is O=C(O)C=Cc1cnc2[nH+]c[nH]c2c1. The Labute approximate surface area is 79.1 Å². The van der Waals surface area contributed by atoms with Gasteiger partial charge in [0.1, 0.15) is 6.20 Å². The monoisotopic (exact) mass is 190 g/mol. The molecule has 0 aliphatic rings. The van der Waals surface area contributed by atoms with Crippen LogP contribution in [0.15, 0.2) is 24.7 Å². The maximum absolute atomic E-state index is 10.3. The fraction of sp³-hybridized carbons (Fsp3) is 0. The first-order valence-corrected chi connectivity index (χ1v) is 4.01. The van der Waals surface area contributed by atoms with Crippen molar-refractivity contribution < 1.29 is 14.9 Å². The average molecular weight is 190 g/mol. The summed E-state index contributed by atoms with van der Waals surface area (Å²) >= 11 is 0. The van der Waals surface area contributed by atoms with Gasteiger partial charge in [-0.05, 0) is 12.1 Å². The van der Waals surface area contributed by atoms with Crippen molar-refractivity contribution in [2.75, 3.05) is 0 Å². The van der Waals surface area contributed by atoms with Gasteiger partial charge in [0.15, 0.2) is 11.8 Å². The predicted molar refractivity (Wildman–Crippen MR) is 49.3 cm³/mol. The van der Waals surface area contributed by atoms with Crippen LogP contribution < -0.4 is 4.98 Å². The Bertz CT molecular complexity index is 501. The van der Waals surface area contributed by atoms with Gasteiger partial charge in [0.05, 0.1) is 0 Å². The highest BCUT2D eigenvalue weighted by atomic mass is 16.4. The topological polar surface area (TPSA) is 80.1 Å². The summed E-state index contributed by atoms with van der Waals surface area (Å²) in [6.07, 6.45) is 5.85. The van der Waals surface area contributed by atoms with E-state index in [1.807, 2.05) is 6.07 Å². The lowest BCUT2D eigenvalue weighted by atomic mass is 10.2. The normalized spacial score (nSPS) is 11.1. The molecule has 0 aromatic carbocycles. The van der Waals surface area contributed by atoms with Crippen molar-refractivity contribution in [1.82, 2.24) is 9.97 Å². The smallest absolute Gasteiger partial charge is 0.328 e. The van der Waals surface area contributed by atoms with Crippen molar-refractivity contribution in [3.05, 3.63) is 30.2 Å². The molecule has 2 rings (SSSR count). The number of rotatable bonds is 2. The third-order valence-electron chi connectivity index (χ3n) is 1.76. The molecule has 2 aromatic heterocycles. The molecule has 0 amide bonds. The largest absolute Gasteiger partial charge is 0.478 e. The fourth-order valence-corrected chi connectivity index (χ4v) is 1.15. The summed E-state index contributed by atoms with van der Waals surface area (Å²) in [4.78, 5) is 20.2. The Morgan fingerprint density at radius 1 is 1.64 bits per heavy atom. The quantitative estimate of drug-likeness (QED) is 0.675. The van der Waals surface area contributed by atoms with Crippen LogP contribution in [0.25, 0.3) is 17.2 Å². The van der Waals surface area contributed by atoms with Gasteiger partial charge in [-0.2, -0.15) is 0 Å². The van der Waals surface area contributed by atoms with Crippen molar-refractivity contribution in [3.8, 4) is 0 Å². The third kappa shape index (κ3) is 1.61. The maximum atomic E-state index is 10.3. The highest BCUT2D eigenvalue weighted by molar-refractivity contribution is 5.85. The second kappa shape index (κ2) is 3.29. The van der Waals surface area contributed by atoms with E-state index in [0.717, 1.165) is 22.8 Å². The number of hydrogen-bond donors (Lipinski definition) is 2. The minimum atomic E-state index is -0.969. The van der Waals surface area contributed by atoms with Crippen molar-refractivity contribution >= 4 is 23.2 Å². The van der Waals surface area contributed by atoms with E-state index >= 15 is 0 Å². The molecule has 70 valence electrons. The van der Waals surface area contributed by atoms with Gasteiger partial charge in [-0.1, -0.05) is 0 Å². The molecule has 5 heteroatoms. The summed E-state index contributed by atoms with van der Waals surface area (Å²) in [5.74, 6) is -0.969. The van der Waals surface area contributed by atoms with Gasteiger partial charge in [0.2, 0.25) is 0 Å². The molecule has 0 atom stereocenters. The number of carbonyl (C=O) groups is 1. The van der Waals surface area contributed by atoms with Crippen LogP contribution in [0.2, 0.25) is 0 Å². The number of pyridine rings is 1. The summed E-state index contributed by atoms with van der Waals surface area (Å²) < 4.78 is 0. The summed E-state index contributed by atoms with van der Waals surface area (Å²) in [5, 5.41) is 8.43. The molecule has 14 heavy (non-hydrogen) atoms. The molecule has 0 fully saturated rings. The Balaban J connectivity index is 2.39. The zero-order valence-corrected chi connectivity index (χ0v) is 7.19. The number of hydrogen-bond acceptors (Lipinski definition) is 2. The van der Waals surface area contributed by atoms with Crippen LogP contribution in [0.4, 0.5) is 0 Å². The van der Waals surface area contributed by atoms with E-state index < -0.39 is 5.97 Å². The van der Waals surface area contributed by atoms with Crippen LogP contribution in [0.1, 0.15) is 5.56 Å². The molecule has 0 unspecified atom stereocenters.